The number of fused-ring (bicyclic) bond motifs is 1. The lowest BCUT2D eigenvalue weighted by atomic mass is 10.1. The van der Waals surface area contributed by atoms with E-state index in [1.165, 1.54) is 11.3 Å². The molecule has 5 heteroatoms. The molecule has 0 radical (unpaired) electrons. The number of pyridine rings is 1. The van der Waals surface area contributed by atoms with E-state index in [0.717, 1.165) is 22.2 Å². The summed E-state index contributed by atoms with van der Waals surface area (Å²) in [6.45, 7) is 0. The average Bonchev–Trinajstić information content (AvgIpc) is 2.83. The fourth-order valence-corrected chi connectivity index (χ4v) is 3.13. The predicted molar refractivity (Wildman–Crippen MR) is 69.4 cm³/mol. The minimum Gasteiger partial charge on any atom is -0.360 e. The maximum Gasteiger partial charge on any atom is 0.102 e. The van der Waals surface area contributed by atoms with Crippen molar-refractivity contribution in [3.63, 3.8) is 0 Å². The van der Waals surface area contributed by atoms with Gasteiger partial charge in [-0.3, -0.25) is 4.98 Å². The number of halogens is 2. The summed E-state index contributed by atoms with van der Waals surface area (Å²) in [5, 5.41) is 0. The highest BCUT2D eigenvalue weighted by Gasteiger charge is 2.09. The first kappa shape index (κ1) is 10.1. The summed E-state index contributed by atoms with van der Waals surface area (Å²) in [6.07, 6.45) is 3.67. The molecule has 0 aliphatic carbocycles. The molecular weight excluding hydrogens is 263 g/mol. The Kier molecular flexibility index (Phi) is 2.39. The molecule has 0 aromatic carbocycles. The van der Waals surface area contributed by atoms with Crippen molar-refractivity contribution in [1.29, 1.82) is 0 Å². The number of hydrogen-bond acceptors (Lipinski definition) is 2. The third kappa shape index (κ3) is 1.61. The summed E-state index contributed by atoms with van der Waals surface area (Å²) in [7, 11) is 0. The molecular formula is C11H6Cl2N2S. The molecule has 3 heterocycles. The van der Waals surface area contributed by atoms with E-state index < -0.39 is 0 Å². The van der Waals surface area contributed by atoms with Crippen molar-refractivity contribution in [3.8, 4) is 11.1 Å². The predicted octanol–water partition coefficient (Wildman–Crippen LogP) is 4.60. The smallest absolute Gasteiger partial charge is 0.102 e. The van der Waals surface area contributed by atoms with Gasteiger partial charge < -0.3 is 4.98 Å². The summed E-state index contributed by atoms with van der Waals surface area (Å²) in [4.78, 5) is 7.46. The van der Waals surface area contributed by atoms with Crippen LogP contribution in [-0.4, -0.2) is 9.97 Å². The third-order valence-corrected chi connectivity index (χ3v) is 3.85. The van der Waals surface area contributed by atoms with Gasteiger partial charge in [-0.05, 0) is 18.2 Å². The third-order valence-electron chi connectivity index (χ3n) is 2.37. The van der Waals surface area contributed by atoms with Crippen LogP contribution in [-0.2, 0) is 0 Å². The molecule has 16 heavy (non-hydrogen) atoms. The van der Waals surface area contributed by atoms with Gasteiger partial charge in [-0.25, -0.2) is 0 Å². The molecule has 1 N–H and O–H groups in total. The molecule has 0 aliphatic rings. The Balaban J connectivity index is 2.21. The van der Waals surface area contributed by atoms with Gasteiger partial charge in [-0.2, -0.15) is 0 Å². The van der Waals surface area contributed by atoms with E-state index in [1.807, 2.05) is 24.4 Å². The summed E-state index contributed by atoms with van der Waals surface area (Å²) in [6, 6.07) is 5.81. The van der Waals surface area contributed by atoms with Crippen LogP contribution >= 0.6 is 34.5 Å². The molecule has 0 unspecified atom stereocenters. The van der Waals surface area contributed by atoms with Gasteiger partial charge in [0.2, 0.25) is 0 Å². The number of aromatic nitrogens is 2. The molecule has 3 rings (SSSR count). The molecule has 0 aliphatic heterocycles. The zero-order valence-electron chi connectivity index (χ0n) is 8.00. The fraction of sp³-hybridized carbons (Fsp3) is 0. The Hall–Kier alpha value is -1.03. The Morgan fingerprint density at radius 3 is 2.88 bits per heavy atom. The Labute approximate surface area is 106 Å². The molecule has 3 aromatic rings. The van der Waals surface area contributed by atoms with Gasteiger partial charge in [0.15, 0.2) is 0 Å². The number of nitrogens with one attached hydrogen (secondary N) is 1. The van der Waals surface area contributed by atoms with E-state index in [-0.39, 0.29) is 0 Å². The largest absolute Gasteiger partial charge is 0.360 e. The summed E-state index contributed by atoms with van der Waals surface area (Å²) in [5.41, 5.74) is 3.85. The maximum absolute atomic E-state index is 6.10. The topological polar surface area (TPSA) is 28.7 Å². The van der Waals surface area contributed by atoms with Crippen LogP contribution in [0.25, 0.3) is 22.2 Å². The van der Waals surface area contributed by atoms with Crippen LogP contribution in [0.4, 0.5) is 0 Å². The molecule has 0 spiro atoms. The molecule has 80 valence electrons. The first-order valence-corrected chi connectivity index (χ1v) is 6.19. The van der Waals surface area contributed by atoms with Crippen LogP contribution in [0.5, 0.6) is 0 Å². The maximum atomic E-state index is 6.10. The van der Waals surface area contributed by atoms with Gasteiger partial charge >= 0.3 is 0 Å². The minimum absolute atomic E-state index is 0.687. The molecule has 0 bridgehead atoms. The number of H-pyrrole nitrogens is 1. The van der Waals surface area contributed by atoms with Crippen LogP contribution in [0.1, 0.15) is 0 Å². The van der Waals surface area contributed by atoms with E-state index in [1.54, 1.807) is 6.20 Å². The van der Waals surface area contributed by atoms with Gasteiger partial charge in [0.25, 0.3) is 0 Å². The standard InChI is InChI=1S/C11H6Cl2N2S/c12-10-4-7(11(13)16-10)6-3-9-8(15-5-6)1-2-14-9/h1-5,14H. The van der Waals surface area contributed by atoms with Crippen molar-refractivity contribution in [2.24, 2.45) is 0 Å². The van der Waals surface area contributed by atoms with Crippen molar-refractivity contribution in [2.45, 2.75) is 0 Å². The quantitative estimate of drug-likeness (QED) is 0.687. The highest BCUT2D eigenvalue weighted by Crippen LogP contribution is 2.38. The minimum atomic E-state index is 0.687. The second kappa shape index (κ2) is 3.77. The number of rotatable bonds is 1. The van der Waals surface area contributed by atoms with Crippen LogP contribution < -0.4 is 0 Å². The highest BCUT2D eigenvalue weighted by molar-refractivity contribution is 7.20. The Bertz CT molecular complexity index is 657. The first-order chi connectivity index (χ1) is 7.74. The zero-order valence-corrected chi connectivity index (χ0v) is 10.3. The van der Waals surface area contributed by atoms with Gasteiger partial charge in [-0.15, -0.1) is 11.3 Å². The number of hydrogen-bond donors (Lipinski definition) is 1. The van der Waals surface area contributed by atoms with Crippen LogP contribution in [0, 0.1) is 0 Å². The van der Waals surface area contributed by atoms with Crippen molar-refractivity contribution >= 4 is 45.6 Å². The van der Waals surface area contributed by atoms with E-state index in [2.05, 4.69) is 9.97 Å². The summed E-state index contributed by atoms with van der Waals surface area (Å²) < 4.78 is 1.38. The van der Waals surface area contributed by atoms with Crippen LogP contribution in [0.3, 0.4) is 0 Å². The lowest BCUT2D eigenvalue weighted by Gasteiger charge is -1.98. The molecule has 0 fully saturated rings. The van der Waals surface area contributed by atoms with E-state index in [4.69, 9.17) is 23.2 Å². The van der Waals surface area contributed by atoms with Crippen molar-refractivity contribution in [3.05, 3.63) is 39.3 Å². The number of nitrogens with zero attached hydrogens (tertiary/aromatic N) is 1. The second-order valence-corrected chi connectivity index (χ2v) is 5.66. The molecule has 0 atom stereocenters. The van der Waals surface area contributed by atoms with Crippen LogP contribution in [0.2, 0.25) is 8.67 Å². The SMILES string of the molecule is Clc1cc(-c2cnc3cc[nH]c3c2)c(Cl)s1. The number of thiophene rings is 1. The molecule has 0 saturated carbocycles. The zero-order chi connectivity index (χ0) is 11.1. The van der Waals surface area contributed by atoms with Crippen molar-refractivity contribution < 1.29 is 0 Å². The van der Waals surface area contributed by atoms with Gasteiger partial charge in [0.05, 0.1) is 15.4 Å². The molecule has 3 aromatic heterocycles. The Morgan fingerprint density at radius 1 is 1.25 bits per heavy atom. The summed E-state index contributed by atoms with van der Waals surface area (Å²) >= 11 is 13.4. The van der Waals surface area contributed by atoms with Crippen LogP contribution in [0.15, 0.2) is 30.6 Å². The second-order valence-electron chi connectivity index (χ2n) is 3.37. The Morgan fingerprint density at radius 2 is 2.12 bits per heavy atom. The fourth-order valence-electron chi connectivity index (χ4n) is 1.62. The average molecular weight is 269 g/mol. The lowest BCUT2D eigenvalue weighted by Crippen LogP contribution is -1.79. The molecule has 0 amide bonds. The van der Waals surface area contributed by atoms with E-state index >= 15 is 0 Å². The van der Waals surface area contributed by atoms with E-state index in [0.29, 0.717) is 8.67 Å². The van der Waals surface area contributed by atoms with Gasteiger partial charge in [0, 0.05) is 23.5 Å². The number of aromatic amines is 1. The summed E-state index contributed by atoms with van der Waals surface area (Å²) in [5.74, 6) is 0. The molecule has 0 saturated heterocycles. The van der Waals surface area contributed by atoms with Crippen molar-refractivity contribution in [2.75, 3.05) is 0 Å². The normalized spacial score (nSPS) is 11.1. The highest BCUT2D eigenvalue weighted by atomic mass is 35.5. The van der Waals surface area contributed by atoms with Gasteiger partial charge in [0.1, 0.15) is 4.34 Å². The monoisotopic (exact) mass is 268 g/mol. The van der Waals surface area contributed by atoms with Gasteiger partial charge in [-0.1, -0.05) is 23.2 Å². The lowest BCUT2D eigenvalue weighted by molar-refractivity contribution is 1.41. The van der Waals surface area contributed by atoms with Crippen molar-refractivity contribution in [1.82, 2.24) is 9.97 Å². The van der Waals surface area contributed by atoms with E-state index in [9.17, 15) is 0 Å². The first-order valence-electron chi connectivity index (χ1n) is 4.62. The molecule has 2 nitrogen and oxygen atoms in total.